The van der Waals surface area contributed by atoms with Crippen LogP contribution in [0.2, 0.25) is 0 Å². The molecule has 0 aliphatic heterocycles. The SMILES string of the molecule is CCCNC(Cc1cccs1)C(CC)c1ccccc1. The molecule has 1 N–H and O–H groups in total. The van der Waals surface area contributed by atoms with E-state index in [1.807, 2.05) is 11.3 Å². The number of thiophene rings is 1. The number of hydrogen-bond acceptors (Lipinski definition) is 2. The number of nitrogens with one attached hydrogen (secondary N) is 1. The first-order valence-electron chi connectivity index (χ1n) is 7.65. The van der Waals surface area contributed by atoms with Gasteiger partial charge in [0.05, 0.1) is 0 Å². The Morgan fingerprint density at radius 3 is 2.45 bits per heavy atom. The maximum atomic E-state index is 3.76. The van der Waals surface area contributed by atoms with E-state index < -0.39 is 0 Å². The van der Waals surface area contributed by atoms with E-state index in [2.05, 4.69) is 67.0 Å². The molecule has 1 heterocycles. The van der Waals surface area contributed by atoms with Gasteiger partial charge in [-0.15, -0.1) is 11.3 Å². The highest BCUT2D eigenvalue weighted by Gasteiger charge is 2.21. The summed E-state index contributed by atoms with van der Waals surface area (Å²) in [5, 5.41) is 5.94. The van der Waals surface area contributed by atoms with Gasteiger partial charge in [0.15, 0.2) is 0 Å². The molecule has 0 aliphatic carbocycles. The lowest BCUT2D eigenvalue weighted by Gasteiger charge is -2.27. The Bertz CT molecular complexity index is 463. The third-order valence-corrected chi connectivity index (χ3v) is 4.71. The standard InChI is InChI=1S/C18H25NS/c1-3-12-19-18(14-16-11-8-13-20-16)17(4-2)15-9-6-5-7-10-15/h5-11,13,17-19H,3-4,12,14H2,1-2H3. The molecule has 0 bridgehead atoms. The van der Waals surface area contributed by atoms with E-state index in [1.165, 1.54) is 23.3 Å². The van der Waals surface area contributed by atoms with Crippen molar-refractivity contribution in [1.82, 2.24) is 5.32 Å². The largest absolute Gasteiger partial charge is 0.313 e. The van der Waals surface area contributed by atoms with Crippen molar-refractivity contribution in [1.29, 1.82) is 0 Å². The Labute approximate surface area is 127 Å². The summed E-state index contributed by atoms with van der Waals surface area (Å²) in [5.74, 6) is 0.588. The van der Waals surface area contributed by atoms with Gasteiger partial charge in [0, 0.05) is 10.9 Å². The van der Waals surface area contributed by atoms with Crippen LogP contribution >= 0.6 is 11.3 Å². The minimum atomic E-state index is 0.529. The highest BCUT2D eigenvalue weighted by atomic mass is 32.1. The lowest BCUT2D eigenvalue weighted by atomic mass is 9.87. The molecule has 0 saturated carbocycles. The fraction of sp³-hybridized carbons (Fsp3) is 0.444. The van der Waals surface area contributed by atoms with Crippen molar-refractivity contribution in [2.24, 2.45) is 0 Å². The molecule has 2 heteroatoms. The van der Waals surface area contributed by atoms with Gasteiger partial charge in [-0.25, -0.2) is 0 Å². The lowest BCUT2D eigenvalue weighted by molar-refractivity contribution is 0.421. The Morgan fingerprint density at radius 2 is 1.85 bits per heavy atom. The minimum absolute atomic E-state index is 0.529. The van der Waals surface area contributed by atoms with Gasteiger partial charge < -0.3 is 5.32 Å². The van der Waals surface area contributed by atoms with E-state index in [9.17, 15) is 0 Å². The number of benzene rings is 1. The molecule has 2 unspecified atom stereocenters. The van der Waals surface area contributed by atoms with Crippen molar-refractivity contribution < 1.29 is 0 Å². The third-order valence-electron chi connectivity index (χ3n) is 3.81. The van der Waals surface area contributed by atoms with Gasteiger partial charge in [-0.05, 0) is 48.7 Å². The summed E-state index contributed by atoms with van der Waals surface area (Å²) < 4.78 is 0. The highest BCUT2D eigenvalue weighted by molar-refractivity contribution is 7.09. The van der Waals surface area contributed by atoms with Gasteiger partial charge in [0.25, 0.3) is 0 Å². The quantitative estimate of drug-likeness (QED) is 0.731. The molecule has 1 aromatic carbocycles. The first kappa shape index (κ1) is 15.3. The first-order chi connectivity index (χ1) is 9.85. The van der Waals surface area contributed by atoms with Crippen LogP contribution in [0.5, 0.6) is 0 Å². The van der Waals surface area contributed by atoms with Crippen LogP contribution in [0.1, 0.15) is 43.0 Å². The van der Waals surface area contributed by atoms with Crippen molar-refractivity contribution in [2.45, 2.75) is 45.1 Å². The van der Waals surface area contributed by atoms with Crippen LogP contribution in [0.4, 0.5) is 0 Å². The van der Waals surface area contributed by atoms with Gasteiger partial charge in [-0.2, -0.15) is 0 Å². The Hall–Kier alpha value is -1.12. The minimum Gasteiger partial charge on any atom is -0.313 e. The fourth-order valence-corrected chi connectivity index (χ4v) is 3.55. The molecular formula is C18H25NS. The van der Waals surface area contributed by atoms with Crippen molar-refractivity contribution in [2.75, 3.05) is 6.54 Å². The molecular weight excluding hydrogens is 262 g/mol. The summed E-state index contributed by atoms with van der Waals surface area (Å²) in [6, 6.07) is 15.9. The molecule has 0 amide bonds. The third kappa shape index (κ3) is 4.19. The van der Waals surface area contributed by atoms with Crippen molar-refractivity contribution in [3.63, 3.8) is 0 Å². The molecule has 108 valence electrons. The predicted octanol–water partition coefficient (Wildman–Crippen LogP) is 4.85. The topological polar surface area (TPSA) is 12.0 Å². The maximum Gasteiger partial charge on any atom is 0.0184 e. The van der Waals surface area contributed by atoms with Gasteiger partial charge in [0.1, 0.15) is 0 Å². The van der Waals surface area contributed by atoms with Gasteiger partial charge in [0.2, 0.25) is 0 Å². The zero-order chi connectivity index (χ0) is 14.2. The Kier molecular flexibility index (Phi) is 6.28. The average molecular weight is 287 g/mol. The number of rotatable bonds is 8. The number of hydrogen-bond donors (Lipinski definition) is 1. The summed E-state index contributed by atoms with van der Waals surface area (Å²) in [6.07, 6.45) is 3.49. The molecule has 0 fully saturated rings. The highest BCUT2D eigenvalue weighted by Crippen LogP contribution is 2.26. The Morgan fingerprint density at radius 1 is 1.05 bits per heavy atom. The van der Waals surface area contributed by atoms with Crippen molar-refractivity contribution >= 4 is 11.3 Å². The van der Waals surface area contributed by atoms with E-state index in [0.717, 1.165) is 13.0 Å². The summed E-state index contributed by atoms with van der Waals surface area (Å²) in [4.78, 5) is 1.48. The summed E-state index contributed by atoms with van der Waals surface area (Å²) >= 11 is 1.87. The molecule has 0 radical (unpaired) electrons. The molecule has 1 nitrogen and oxygen atoms in total. The van der Waals surface area contributed by atoms with E-state index in [-0.39, 0.29) is 0 Å². The molecule has 0 spiro atoms. The average Bonchev–Trinajstić information content (AvgIpc) is 2.99. The van der Waals surface area contributed by atoms with E-state index in [1.54, 1.807) is 0 Å². The summed E-state index contributed by atoms with van der Waals surface area (Å²) in [6.45, 7) is 5.63. The summed E-state index contributed by atoms with van der Waals surface area (Å²) in [7, 11) is 0. The van der Waals surface area contributed by atoms with Crippen LogP contribution in [0.25, 0.3) is 0 Å². The molecule has 1 aromatic heterocycles. The zero-order valence-electron chi connectivity index (χ0n) is 12.5. The summed E-state index contributed by atoms with van der Waals surface area (Å²) in [5.41, 5.74) is 1.46. The van der Waals surface area contributed by atoms with Crippen LogP contribution < -0.4 is 5.32 Å². The van der Waals surface area contributed by atoms with Crippen LogP contribution in [0.15, 0.2) is 47.8 Å². The zero-order valence-corrected chi connectivity index (χ0v) is 13.3. The predicted molar refractivity (Wildman–Crippen MR) is 89.6 cm³/mol. The van der Waals surface area contributed by atoms with Crippen LogP contribution in [0, 0.1) is 0 Å². The second kappa shape index (κ2) is 8.23. The Balaban J connectivity index is 2.14. The van der Waals surface area contributed by atoms with E-state index in [0.29, 0.717) is 12.0 Å². The van der Waals surface area contributed by atoms with E-state index in [4.69, 9.17) is 0 Å². The fourth-order valence-electron chi connectivity index (χ4n) is 2.78. The van der Waals surface area contributed by atoms with Crippen LogP contribution in [-0.2, 0) is 6.42 Å². The van der Waals surface area contributed by atoms with E-state index >= 15 is 0 Å². The lowest BCUT2D eigenvalue weighted by Crippen LogP contribution is -2.37. The van der Waals surface area contributed by atoms with Crippen LogP contribution in [-0.4, -0.2) is 12.6 Å². The molecule has 2 atom stereocenters. The normalized spacial score (nSPS) is 14.1. The second-order valence-electron chi connectivity index (χ2n) is 5.27. The maximum absolute atomic E-state index is 3.76. The molecule has 2 aromatic rings. The van der Waals surface area contributed by atoms with Crippen molar-refractivity contribution in [3.05, 3.63) is 58.3 Å². The van der Waals surface area contributed by atoms with Gasteiger partial charge in [-0.1, -0.05) is 50.2 Å². The first-order valence-corrected chi connectivity index (χ1v) is 8.53. The van der Waals surface area contributed by atoms with Crippen molar-refractivity contribution in [3.8, 4) is 0 Å². The van der Waals surface area contributed by atoms with Gasteiger partial charge >= 0.3 is 0 Å². The second-order valence-corrected chi connectivity index (χ2v) is 6.30. The molecule has 20 heavy (non-hydrogen) atoms. The smallest absolute Gasteiger partial charge is 0.0184 e. The molecule has 0 saturated heterocycles. The van der Waals surface area contributed by atoms with Crippen LogP contribution in [0.3, 0.4) is 0 Å². The molecule has 0 aliphatic rings. The molecule has 2 rings (SSSR count). The monoisotopic (exact) mass is 287 g/mol. The van der Waals surface area contributed by atoms with Gasteiger partial charge in [-0.3, -0.25) is 0 Å².